The van der Waals surface area contributed by atoms with Gasteiger partial charge in [-0.25, -0.2) is 4.79 Å². The van der Waals surface area contributed by atoms with E-state index in [1.54, 1.807) is 14.0 Å². The van der Waals surface area contributed by atoms with Gasteiger partial charge in [0.05, 0.1) is 18.2 Å². The Balaban J connectivity index is 2.67. The fourth-order valence-corrected chi connectivity index (χ4v) is 3.08. The highest BCUT2D eigenvalue weighted by Gasteiger charge is 2.44. The Morgan fingerprint density at radius 2 is 2.00 bits per heavy atom. The number of hydrogen-bond donors (Lipinski definition) is 1. The fraction of sp³-hybridized carbons (Fsp3) is 0.412. The molecule has 2 unspecified atom stereocenters. The van der Waals surface area contributed by atoms with E-state index in [0.29, 0.717) is 6.42 Å². The average molecular weight is 341 g/mol. The van der Waals surface area contributed by atoms with Crippen LogP contribution in [0.1, 0.15) is 24.5 Å². The van der Waals surface area contributed by atoms with E-state index in [1.807, 2.05) is 0 Å². The lowest BCUT2D eigenvalue weighted by molar-refractivity contribution is -0.138. The maximum absolute atomic E-state index is 13.0. The van der Waals surface area contributed by atoms with E-state index in [9.17, 15) is 22.8 Å². The van der Waals surface area contributed by atoms with Crippen LogP contribution in [0.2, 0.25) is 0 Å². The lowest BCUT2D eigenvalue weighted by atomic mass is 9.94. The predicted octanol–water partition coefficient (Wildman–Crippen LogP) is 2.83. The van der Waals surface area contributed by atoms with Crippen molar-refractivity contribution in [1.29, 1.82) is 0 Å². The molecule has 2 atom stereocenters. The summed E-state index contributed by atoms with van der Waals surface area (Å²) in [6.07, 6.45) is -4.08. The molecule has 0 heterocycles. The molecule has 1 aromatic carbocycles. The third kappa shape index (κ3) is 3.08. The normalized spacial score (nSPS) is 21.3. The van der Waals surface area contributed by atoms with E-state index in [2.05, 4.69) is 5.32 Å². The summed E-state index contributed by atoms with van der Waals surface area (Å²) >= 11 is 0. The SMILES string of the molecule is CCC1C(=O)C(c2cccc(C(F)(F)F)c2)=C(C(=O)OC)C1NC. The molecule has 0 fully saturated rings. The van der Waals surface area contributed by atoms with Crippen LogP contribution in [0, 0.1) is 5.92 Å². The van der Waals surface area contributed by atoms with Crippen LogP contribution in [-0.2, 0) is 20.5 Å². The van der Waals surface area contributed by atoms with E-state index in [-0.39, 0.29) is 22.5 Å². The van der Waals surface area contributed by atoms with E-state index in [0.717, 1.165) is 12.1 Å². The zero-order valence-electron chi connectivity index (χ0n) is 13.5. The first kappa shape index (κ1) is 18.2. The summed E-state index contributed by atoms with van der Waals surface area (Å²) in [5.74, 6) is -1.59. The Kier molecular flexibility index (Phi) is 5.13. The van der Waals surface area contributed by atoms with Crippen LogP contribution in [0.15, 0.2) is 29.8 Å². The van der Waals surface area contributed by atoms with Crippen molar-refractivity contribution in [3.8, 4) is 0 Å². The number of allylic oxidation sites excluding steroid dienone is 1. The number of carbonyl (C=O) groups excluding carboxylic acids is 2. The van der Waals surface area contributed by atoms with Gasteiger partial charge in [-0.15, -0.1) is 0 Å². The molecular formula is C17H18F3NO3. The molecule has 0 bridgehead atoms. The first-order valence-electron chi connectivity index (χ1n) is 7.47. The van der Waals surface area contributed by atoms with E-state index in [1.165, 1.54) is 19.2 Å². The van der Waals surface area contributed by atoms with Crippen LogP contribution in [0.3, 0.4) is 0 Å². The summed E-state index contributed by atoms with van der Waals surface area (Å²) in [6.45, 7) is 1.79. The third-order valence-corrected chi connectivity index (χ3v) is 4.20. The van der Waals surface area contributed by atoms with Gasteiger partial charge in [-0.2, -0.15) is 13.2 Å². The molecule has 1 aliphatic rings. The zero-order valence-corrected chi connectivity index (χ0v) is 13.5. The van der Waals surface area contributed by atoms with Crippen LogP contribution in [0.4, 0.5) is 13.2 Å². The minimum atomic E-state index is -4.53. The minimum absolute atomic E-state index is 0.000787. The number of Topliss-reactive ketones (excluding diaryl/α,β-unsaturated/α-hetero) is 1. The molecule has 24 heavy (non-hydrogen) atoms. The van der Waals surface area contributed by atoms with Gasteiger partial charge >= 0.3 is 12.1 Å². The number of hydrogen-bond acceptors (Lipinski definition) is 4. The molecule has 0 aliphatic heterocycles. The van der Waals surface area contributed by atoms with Gasteiger partial charge in [0.15, 0.2) is 5.78 Å². The van der Waals surface area contributed by atoms with Crippen LogP contribution in [0.25, 0.3) is 5.57 Å². The summed E-state index contributed by atoms with van der Waals surface area (Å²) in [5, 5.41) is 2.90. The molecule has 0 saturated carbocycles. The summed E-state index contributed by atoms with van der Waals surface area (Å²) < 4.78 is 43.6. The van der Waals surface area contributed by atoms with Gasteiger partial charge in [0.1, 0.15) is 0 Å². The van der Waals surface area contributed by atoms with Gasteiger partial charge in [0, 0.05) is 17.5 Å². The van der Waals surface area contributed by atoms with Crippen molar-refractivity contribution in [2.75, 3.05) is 14.2 Å². The molecule has 0 amide bonds. The number of rotatable bonds is 4. The molecule has 4 nitrogen and oxygen atoms in total. The Morgan fingerprint density at radius 3 is 2.50 bits per heavy atom. The summed E-state index contributed by atoms with van der Waals surface area (Å²) in [6, 6.07) is 3.85. The van der Waals surface area contributed by atoms with Gasteiger partial charge in [0.2, 0.25) is 0 Å². The molecule has 7 heteroatoms. The summed E-state index contributed by atoms with van der Waals surface area (Å²) in [4.78, 5) is 24.9. The van der Waals surface area contributed by atoms with Crippen molar-refractivity contribution >= 4 is 17.3 Å². The van der Waals surface area contributed by atoms with Crippen LogP contribution in [0.5, 0.6) is 0 Å². The maximum atomic E-state index is 13.0. The van der Waals surface area contributed by atoms with Gasteiger partial charge < -0.3 is 10.1 Å². The Morgan fingerprint density at radius 1 is 1.33 bits per heavy atom. The molecular weight excluding hydrogens is 323 g/mol. The molecule has 0 aromatic heterocycles. The molecule has 0 saturated heterocycles. The van der Waals surface area contributed by atoms with Crippen LogP contribution >= 0.6 is 0 Å². The number of methoxy groups -OCH3 is 1. The highest BCUT2D eigenvalue weighted by atomic mass is 19.4. The van der Waals surface area contributed by atoms with Crippen molar-refractivity contribution in [2.45, 2.75) is 25.6 Å². The number of halogens is 3. The molecule has 1 N–H and O–H groups in total. The van der Waals surface area contributed by atoms with Crippen molar-refractivity contribution < 1.29 is 27.5 Å². The Hall–Kier alpha value is -2.15. The largest absolute Gasteiger partial charge is 0.466 e. The minimum Gasteiger partial charge on any atom is -0.466 e. The monoisotopic (exact) mass is 341 g/mol. The molecule has 0 radical (unpaired) electrons. The standard InChI is InChI=1S/C17H18F3NO3/c1-4-11-14(21-2)13(16(23)24-3)12(15(11)22)9-6-5-7-10(8-9)17(18,19)20/h5-8,11,14,21H,4H2,1-3H3. The second-order valence-corrected chi connectivity index (χ2v) is 5.50. The van der Waals surface area contributed by atoms with Crippen molar-refractivity contribution in [3.05, 3.63) is 41.0 Å². The van der Waals surface area contributed by atoms with Crippen LogP contribution in [-0.4, -0.2) is 32.0 Å². The van der Waals surface area contributed by atoms with Gasteiger partial charge in [-0.1, -0.05) is 19.1 Å². The quantitative estimate of drug-likeness (QED) is 0.856. The maximum Gasteiger partial charge on any atom is 0.416 e. The van der Waals surface area contributed by atoms with E-state index in [4.69, 9.17) is 4.74 Å². The molecule has 130 valence electrons. The van der Waals surface area contributed by atoms with Crippen molar-refractivity contribution in [1.82, 2.24) is 5.32 Å². The highest BCUT2D eigenvalue weighted by molar-refractivity contribution is 6.30. The topological polar surface area (TPSA) is 55.4 Å². The number of likely N-dealkylation sites (N-methyl/N-ethyl adjacent to an activating group) is 1. The average Bonchev–Trinajstić information content (AvgIpc) is 2.85. The van der Waals surface area contributed by atoms with E-state index < -0.39 is 29.7 Å². The predicted molar refractivity (Wildman–Crippen MR) is 82.0 cm³/mol. The number of ketones is 1. The highest BCUT2D eigenvalue weighted by Crippen LogP contribution is 2.39. The Labute approximate surface area is 137 Å². The number of esters is 1. The van der Waals surface area contributed by atoms with Crippen molar-refractivity contribution in [3.63, 3.8) is 0 Å². The second-order valence-electron chi connectivity index (χ2n) is 5.50. The Bertz CT molecular complexity index is 695. The molecule has 1 aliphatic carbocycles. The third-order valence-electron chi connectivity index (χ3n) is 4.20. The number of alkyl halides is 3. The molecule has 0 spiro atoms. The summed E-state index contributed by atoms with van der Waals surface area (Å²) in [7, 11) is 2.77. The zero-order chi connectivity index (χ0) is 18.1. The lowest BCUT2D eigenvalue weighted by Gasteiger charge is -2.18. The second kappa shape index (κ2) is 6.76. The number of nitrogens with one attached hydrogen (secondary N) is 1. The lowest BCUT2D eigenvalue weighted by Crippen LogP contribution is -2.36. The first-order valence-corrected chi connectivity index (χ1v) is 7.47. The fourth-order valence-electron chi connectivity index (χ4n) is 3.08. The van der Waals surface area contributed by atoms with Gasteiger partial charge in [-0.3, -0.25) is 4.79 Å². The summed E-state index contributed by atoms with van der Waals surface area (Å²) in [5.41, 5.74) is -0.716. The van der Waals surface area contributed by atoms with E-state index >= 15 is 0 Å². The number of ether oxygens (including phenoxy) is 1. The van der Waals surface area contributed by atoms with Gasteiger partial charge in [-0.05, 0) is 31.2 Å². The first-order chi connectivity index (χ1) is 11.3. The number of carbonyl (C=O) groups is 2. The van der Waals surface area contributed by atoms with Gasteiger partial charge in [0.25, 0.3) is 0 Å². The van der Waals surface area contributed by atoms with Crippen LogP contribution < -0.4 is 5.32 Å². The molecule has 1 aromatic rings. The smallest absolute Gasteiger partial charge is 0.416 e. The molecule has 2 rings (SSSR count). The number of benzene rings is 1. The van der Waals surface area contributed by atoms with Crippen molar-refractivity contribution in [2.24, 2.45) is 5.92 Å².